The van der Waals surface area contributed by atoms with E-state index in [0.29, 0.717) is 5.69 Å². The highest BCUT2D eigenvalue weighted by Gasteiger charge is 2.10. The molecule has 0 aliphatic carbocycles. The molecule has 16 heavy (non-hydrogen) atoms. The van der Waals surface area contributed by atoms with Crippen LogP contribution in [0.2, 0.25) is 5.02 Å². The van der Waals surface area contributed by atoms with Crippen molar-refractivity contribution in [2.24, 2.45) is 0 Å². The molecule has 2 aromatic rings. The Bertz CT molecular complexity index is 546. The zero-order valence-electron chi connectivity index (χ0n) is 9.38. The molecule has 0 spiro atoms. The van der Waals surface area contributed by atoms with Crippen LogP contribution in [0.25, 0.3) is 5.69 Å². The summed E-state index contributed by atoms with van der Waals surface area (Å²) in [5.41, 5.74) is 3.78. The van der Waals surface area contributed by atoms with Crippen molar-refractivity contribution in [2.75, 3.05) is 0 Å². The molecule has 0 N–H and O–H groups in total. The van der Waals surface area contributed by atoms with Crippen molar-refractivity contribution in [1.29, 1.82) is 0 Å². The van der Waals surface area contributed by atoms with Gasteiger partial charge in [-0.05, 0) is 38.5 Å². The van der Waals surface area contributed by atoms with Gasteiger partial charge in [0.05, 0.1) is 16.4 Å². The SMILES string of the molecule is Cc1nn(-c2ccc(Cl)c(F)c2)c(C)c1C. The molecular formula is C12H12ClFN2. The summed E-state index contributed by atoms with van der Waals surface area (Å²) < 4.78 is 15.1. The van der Waals surface area contributed by atoms with Crippen LogP contribution < -0.4 is 0 Å². The summed E-state index contributed by atoms with van der Waals surface area (Å²) in [5, 5.41) is 4.48. The van der Waals surface area contributed by atoms with E-state index >= 15 is 0 Å². The van der Waals surface area contributed by atoms with E-state index in [-0.39, 0.29) is 5.02 Å². The molecule has 0 unspecified atom stereocenters. The summed E-state index contributed by atoms with van der Waals surface area (Å²) in [6.45, 7) is 5.90. The van der Waals surface area contributed by atoms with Crippen LogP contribution >= 0.6 is 11.6 Å². The van der Waals surface area contributed by atoms with Crippen LogP contribution in [-0.4, -0.2) is 9.78 Å². The summed E-state index contributed by atoms with van der Waals surface area (Å²) in [7, 11) is 0. The Hall–Kier alpha value is -1.35. The smallest absolute Gasteiger partial charge is 0.143 e. The number of rotatable bonds is 1. The molecule has 1 aromatic heterocycles. The maximum absolute atomic E-state index is 13.3. The Morgan fingerprint density at radius 1 is 1.25 bits per heavy atom. The number of nitrogens with zero attached hydrogens (tertiary/aromatic N) is 2. The molecule has 0 bridgehead atoms. The van der Waals surface area contributed by atoms with Crippen LogP contribution in [0, 0.1) is 26.6 Å². The van der Waals surface area contributed by atoms with Crippen molar-refractivity contribution < 1.29 is 4.39 Å². The predicted molar refractivity (Wildman–Crippen MR) is 62.7 cm³/mol. The fraction of sp³-hybridized carbons (Fsp3) is 0.250. The highest BCUT2D eigenvalue weighted by molar-refractivity contribution is 6.30. The first-order valence-corrected chi connectivity index (χ1v) is 5.36. The minimum Gasteiger partial charge on any atom is -0.237 e. The zero-order chi connectivity index (χ0) is 11.9. The quantitative estimate of drug-likeness (QED) is 0.743. The Balaban J connectivity index is 2.59. The second-order valence-corrected chi connectivity index (χ2v) is 4.21. The van der Waals surface area contributed by atoms with E-state index in [4.69, 9.17) is 11.6 Å². The molecule has 0 fully saturated rings. The molecule has 1 heterocycles. The molecule has 2 rings (SSSR count). The summed E-state index contributed by atoms with van der Waals surface area (Å²) in [5.74, 6) is -0.427. The van der Waals surface area contributed by atoms with Crippen molar-refractivity contribution in [3.05, 3.63) is 46.0 Å². The molecule has 0 amide bonds. The van der Waals surface area contributed by atoms with E-state index in [1.807, 2.05) is 20.8 Å². The van der Waals surface area contributed by atoms with E-state index < -0.39 is 5.82 Å². The van der Waals surface area contributed by atoms with Gasteiger partial charge in [0, 0.05) is 11.8 Å². The van der Waals surface area contributed by atoms with Gasteiger partial charge in [-0.2, -0.15) is 5.10 Å². The summed E-state index contributed by atoms with van der Waals surface area (Å²) in [4.78, 5) is 0. The van der Waals surface area contributed by atoms with Gasteiger partial charge in [-0.1, -0.05) is 11.6 Å². The van der Waals surface area contributed by atoms with Gasteiger partial charge in [0.15, 0.2) is 0 Å². The van der Waals surface area contributed by atoms with Gasteiger partial charge < -0.3 is 0 Å². The van der Waals surface area contributed by atoms with Crippen LogP contribution in [0.5, 0.6) is 0 Å². The van der Waals surface area contributed by atoms with Gasteiger partial charge in [0.2, 0.25) is 0 Å². The monoisotopic (exact) mass is 238 g/mol. The summed E-state index contributed by atoms with van der Waals surface area (Å²) in [6.07, 6.45) is 0. The second kappa shape index (κ2) is 3.91. The van der Waals surface area contributed by atoms with Gasteiger partial charge in [-0.3, -0.25) is 0 Å². The molecule has 0 saturated carbocycles. The molecule has 0 aliphatic rings. The Labute approximate surface area is 98.7 Å². The third-order valence-electron chi connectivity index (χ3n) is 2.80. The molecular weight excluding hydrogens is 227 g/mol. The van der Waals surface area contributed by atoms with Crippen molar-refractivity contribution in [2.45, 2.75) is 20.8 Å². The zero-order valence-corrected chi connectivity index (χ0v) is 10.1. The first-order chi connectivity index (χ1) is 7.50. The van der Waals surface area contributed by atoms with E-state index in [1.54, 1.807) is 10.7 Å². The number of aromatic nitrogens is 2. The predicted octanol–water partition coefficient (Wildman–Crippen LogP) is 3.59. The maximum atomic E-state index is 13.3. The highest BCUT2D eigenvalue weighted by Crippen LogP contribution is 2.21. The molecule has 0 aliphatic heterocycles. The molecule has 84 valence electrons. The standard InChI is InChI=1S/C12H12ClFN2/c1-7-8(2)15-16(9(7)3)10-4-5-11(13)12(14)6-10/h4-6H,1-3H3. The van der Waals surface area contributed by atoms with E-state index in [9.17, 15) is 4.39 Å². The van der Waals surface area contributed by atoms with E-state index in [2.05, 4.69) is 5.10 Å². The molecule has 4 heteroatoms. The number of hydrogen-bond acceptors (Lipinski definition) is 1. The highest BCUT2D eigenvalue weighted by atomic mass is 35.5. The van der Waals surface area contributed by atoms with Crippen molar-refractivity contribution in [3.8, 4) is 5.69 Å². The number of hydrogen-bond donors (Lipinski definition) is 0. The summed E-state index contributed by atoms with van der Waals surface area (Å²) >= 11 is 5.64. The molecule has 1 aromatic carbocycles. The average molecular weight is 239 g/mol. The fourth-order valence-electron chi connectivity index (χ4n) is 1.59. The number of benzene rings is 1. The van der Waals surface area contributed by atoms with Crippen LogP contribution in [0.15, 0.2) is 18.2 Å². The van der Waals surface area contributed by atoms with Crippen molar-refractivity contribution in [3.63, 3.8) is 0 Å². The average Bonchev–Trinajstić information content (AvgIpc) is 2.50. The lowest BCUT2D eigenvalue weighted by molar-refractivity contribution is 0.625. The largest absolute Gasteiger partial charge is 0.237 e. The van der Waals surface area contributed by atoms with Crippen molar-refractivity contribution in [1.82, 2.24) is 9.78 Å². The Kier molecular flexibility index (Phi) is 2.72. The molecule has 0 saturated heterocycles. The molecule has 0 radical (unpaired) electrons. The Morgan fingerprint density at radius 3 is 2.44 bits per heavy atom. The first-order valence-electron chi connectivity index (χ1n) is 4.99. The lowest BCUT2D eigenvalue weighted by Gasteiger charge is -2.05. The van der Waals surface area contributed by atoms with Crippen LogP contribution in [-0.2, 0) is 0 Å². The van der Waals surface area contributed by atoms with Gasteiger partial charge in [-0.15, -0.1) is 0 Å². The minimum absolute atomic E-state index is 0.127. The topological polar surface area (TPSA) is 17.8 Å². The van der Waals surface area contributed by atoms with Crippen molar-refractivity contribution >= 4 is 11.6 Å². The first kappa shape index (κ1) is 11.1. The number of halogens is 2. The Morgan fingerprint density at radius 2 is 1.94 bits per heavy atom. The van der Waals surface area contributed by atoms with Gasteiger partial charge >= 0.3 is 0 Å². The summed E-state index contributed by atoms with van der Waals surface area (Å²) in [6, 6.07) is 4.68. The lowest BCUT2D eigenvalue weighted by atomic mass is 10.2. The second-order valence-electron chi connectivity index (χ2n) is 3.81. The molecule has 2 nitrogen and oxygen atoms in total. The third kappa shape index (κ3) is 1.71. The van der Waals surface area contributed by atoms with Crippen LogP contribution in [0.4, 0.5) is 4.39 Å². The maximum Gasteiger partial charge on any atom is 0.143 e. The minimum atomic E-state index is -0.427. The molecule has 0 atom stereocenters. The van der Waals surface area contributed by atoms with E-state index in [1.165, 1.54) is 12.1 Å². The lowest BCUT2D eigenvalue weighted by Crippen LogP contribution is -1.99. The normalized spacial score (nSPS) is 10.8. The fourth-order valence-corrected chi connectivity index (χ4v) is 1.71. The van der Waals surface area contributed by atoms with E-state index in [0.717, 1.165) is 17.0 Å². The van der Waals surface area contributed by atoms with Gasteiger partial charge in [0.1, 0.15) is 5.82 Å². The van der Waals surface area contributed by atoms with Crippen LogP contribution in [0.3, 0.4) is 0 Å². The van der Waals surface area contributed by atoms with Crippen LogP contribution in [0.1, 0.15) is 17.0 Å². The van der Waals surface area contributed by atoms with Gasteiger partial charge in [-0.25, -0.2) is 9.07 Å². The number of aryl methyl sites for hydroxylation is 1. The van der Waals surface area contributed by atoms with Gasteiger partial charge in [0.25, 0.3) is 0 Å². The third-order valence-corrected chi connectivity index (χ3v) is 3.11.